The first-order chi connectivity index (χ1) is 12.2. The van der Waals surface area contributed by atoms with Crippen LogP contribution in [0.25, 0.3) is 0 Å². The highest BCUT2D eigenvalue weighted by molar-refractivity contribution is 5.94. The number of hydrogen-bond donors (Lipinski definition) is 1. The third-order valence-electron chi connectivity index (χ3n) is 5.06. The van der Waals surface area contributed by atoms with E-state index in [1.807, 2.05) is 0 Å². The Labute approximate surface area is 148 Å². The average molecular weight is 346 g/mol. The van der Waals surface area contributed by atoms with E-state index in [9.17, 15) is 9.59 Å². The first-order valence-electron chi connectivity index (χ1n) is 9.03. The summed E-state index contributed by atoms with van der Waals surface area (Å²) in [5.41, 5.74) is 0.694. The number of hydrogen-bond acceptors (Lipinski definition) is 5. The molecule has 1 aromatic carbocycles. The fraction of sp³-hybridized carbons (Fsp3) is 0.579. The number of rotatable bonds is 5. The Morgan fingerprint density at radius 3 is 2.64 bits per heavy atom. The Balaban J connectivity index is 1.62. The van der Waals surface area contributed by atoms with Crippen LogP contribution in [0.5, 0.6) is 5.75 Å². The van der Waals surface area contributed by atoms with Gasteiger partial charge < -0.3 is 14.8 Å². The summed E-state index contributed by atoms with van der Waals surface area (Å²) < 4.78 is 10.3. The molecule has 1 aliphatic carbocycles. The molecule has 1 N–H and O–H groups in total. The average Bonchev–Trinajstić information content (AvgIpc) is 2.65. The van der Waals surface area contributed by atoms with Gasteiger partial charge in [0.2, 0.25) is 5.91 Å². The van der Waals surface area contributed by atoms with E-state index in [0.717, 1.165) is 25.1 Å². The smallest absolute Gasteiger partial charge is 0.323 e. The highest BCUT2D eigenvalue weighted by Gasteiger charge is 2.37. The van der Waals surface area contributed by atoms with Gasteiger partial charge in [-0.2, -0.15) is 0 Å². The number of ether oxygens (including phenoxy) is 2. The van der Waals surface area contributed by atoms with E-state index < -0.39 is 6.04 Å². The molecule has 25 heavy (non-hydrogen) atoms. The molecule has 1 saturated heterocycles. The van der Waals surface area contributed by atoms with Crippen molar-refractivity contribution in [3.63, 3.8) is 0 Å². The first-order valence-corrected chi connectivity index (χ1v) is 9.03. The van der Waals surface area contributed by atoms with Gasteiger partial charge in [-0.3, -0.25) is 14.5 Å². The molecule has 1 aliphatic heterocycles. The minimum absolute atomic E-state index is 0.126. The maximum absolute atomic E-state index is 12.4. The zero-order valence-electron chi connectivity index (χ0n) is 14.7. The number of methoxy groups -OCH3 is 1. The number of carbonyl (C=O) groups excluding carboxylic acids is 2. The van der Waals surface area contributed by atoms with E-state index in [4.69, 9.17) is 9.47 Å². The van der Waals surface area contributed by atoms with Gasteiger partial charge in [0.25, 0.3) is 0 Å². The van der Waals surface area contributed by atoms with Crippen molar-refractivity contribution in [2.75, 3.05) is 25.6 Å². The predicted molar refractivity (Wildman–Crippen MR) is 94.6 cm³/mol. The lowest BCUT2D eigenvalue weighted by Gasteiger charge is -2.41. The van der Waals surface area contributed by atoms with Crippen molar-refractivity contribution in [3.8, 4) is 5.75 Å². The molecular formula is C19H26N2O4. The van der Waals surface area contributed by atoms with Crippen LogP contribution in [0, 0.1) is 0 Å². The molecule has 136 valence electrons. The number of anilines is 1. The van der Waals surface area contributed by atoms with Gasteiger partial charge in [-0.15, -0.1) is 0 Å². The molecule has 0 radical (unpaired) electrons. The van der Waals surface area contributed by atoms with Crippen molar-refractivity contribution < 1.29 is 19.1 Å². The van der Waals surface area contributed by atoms with E-state index in [-0.39, 0.29) is 18.3 Å². The molecule has 1 heterocycles. The lowest BCUT2D eigenvalue weighted by Crippen LogP contribution is -2.54. The molecule has 0 bridgehead atoms. The molecular weight excluding hydrogens is 320 g/mol. The number of amides is 1. The molecule has 6 heteroatoms. The minimum Gasteiger partial charge on any atom is -0.497 e. The summed E-state index contributed by atoms with van der Waals surface area (Å²) in [6, 6.07) is 7.07. The number of nitrogens with one attached hydrogen (secondary N) is 1. The summed E-state index contributed by atoms with van der Waals surface area (Å²) in [5, 5.41) is 2.86. The number of carbonyl (C=O) groups is 2. The molecule has 1 saturated carbocycles. The zero-order chi connectivity index (χ0) is 17.6. The lowest BCUT2D eigenvalue weighted by molar-refractivity contribution is -0.161. The molecule has 3 rings (SSSR count). The normalized spacial score (nSPS) is 22.3. The molecule has 0 aromatic heterocycles. The van der Waals surface area contributed by atoms with Crippen LogP contribution in [0.15, 0.2) is 24.3 Å². The Morgan fingerprint density at radius 2 is 1.96 bits per heavy atom. The van der Waals surface area contributed by atoms with Gasteiger partial charge >= 0.3 is 5.97 Å². The second-order valence-electron chi connectivity index (χ2n) is 6.69. The van der Waals surface area contributed by atoms with Crippen LogP contribution in [-0.2, 0) is 14.3 Å². The molecule has 2 fully saturated rings. The van der Waals surface area contributed by atoms with Gasteiger partial charge in [-0.1, -0.05) is 19.3 Å². The van der Waals surface area contributed by atoms with Crippen molar-refractivity contribution in [2.45, 2.75) is 50.6 Å². The van der Waals surface area contributed by atoms with Gasteiger partial charge in [0.15, 0.2) is 0 Å². The van der Waals surface area contributed by atoms with Crippen LogP contribution >= 0.6 is 0 Å². The Kier molecular flexibility index (Phi) is 5.91. The highest BCUT2D eigenvalue weighted by atomic mass is 16.5. The zero-order valence-corrected chi connectivity index (χ0v) is 14.7. The van der Waals surface area contributed by atoms with E-state index in [2.05, 4.69) is 10.2 Å². The van der Waals surface area contributed by atoms with Crippen molar-refractivity contribution >= 4 is 17.6 Å². The van der Waals surface area contributed by atoms with Crippen LogP contribution < -0.4 is 10.1 Å². The monoisotopic (exact) mass is 346 g/mol. The standard InChI is InChI=1S/C19H26N2O4/c1-24-16-9-7-14(8-10-16)20-18(22)13-17-19(23)25-12-11-21(17)15-5-3-2-4-6-15/h7-10,15,17H,2-6,11-13H2,1H3,(H,20,22)/t17-/m0/s1. The number of benzene rings is 1. The van der Waals surface area contributed by atoms with Crippen molar-refractivity contribution in [2.24, 2.45) is 0 Å². The fourth-order valence-electron chi connectivity index (χ4n) is 3.75. The van der Waals surface area contributed by atoms with Gasteiger partial charge in [0, 0.05) is 18.3 Å². The Morgan fingerprint density at radius 1 is 1.24 bits per heavy atom. The molecule has 2 aliphatic rings. The second kappa shape index (κ2) is 8.34. The number of cyclic esters (lactones) is 1. The van der Waals surface area contributed by atoms with Crippen LogP contribution in [-0.4, -0.2) is 49.1 Å². The van der Waals surface area contributed by atoms with E-state index in [0.29, 0.717) is 18.3 Å². The largest absolute Gasteiger partial charge is 0.497 e. The summed E-state index contributed by atoms with van der Waals surface area (Å²) in [7, 11) is 1.60. The topological polar surface area (TPSA) is 67.9 Å². The summed E-state index contributed by atoms with van der Waals surface area (Å²) in [5.74, 6) is 0.286. The maximum Gasteiger partial charge on any atom is 0.323 e. The summed E-state index contributed by atoms with van der Waals surface area (Å²) in [6.07, 6.45) is 5.98. The van der Waals surface area contributed by atoms with E-state index in [1.54, 1.807) is 31.4 Å². The summed E-state index contributed by atoms with van der Waals surface area (Å²) >= 11 is 0. The number of nitrogens with zero attached hydrogens (tertiary/aromatic N) is 1. The number of esters is 1. The van der Waals surface area contributed by atoms with Crippen LogP contribution in [0.2, 0.25) is 0 Å². The van der Waals surface area contributed by atoms with E-state index in [1.165, 1.54) is 19.3 Å². The molecule has 1 aromatic rings. The Bertz CT molecular complexity index is 596. The van der Waals surface area contributed by atoms with Crippen LogP contribution in [0.4, 0.5) is 5.69 Å². The van der Waals surface area contributed by atoms with Gasteiger partial charge in [0.05, 0.1) is 13.5 Å². The molecule has 1 atom stereocenters. The van der Waals surface area contributed by atoms with Gasteiger partial charge in [0.1, 0.15) is 18.4 Å². The summed E-state index contributed by atoms with van der Waals surface area (Å²) in [6.45, 7) is 1.14. The molecule has 1 amide bonds. The quantitative estimate of drug-likeness (QED) is 0.830. The SMILES string of the molecule is COc1ccc(NC(=O)C[C@H]2C(=O)OCCN2C2CCCCC2)cc1. The second-order valence-corrected chi connectivity index (χ2v) is 6.69. The third kappa shape index (κ3) is 4.51. The molecule has 0 spiro atoms. The Hall–Kier alpha value is -2.08. The van der Waals surface area contributed by atoms with E-state index >= 15 is 0 Å². The maximum atomic E-state index is 12.4. The minimum atomic E-state index is -0.477. The van der Waals surface area contributed by atoms with Crippen molar-refractivity contribution in [1.29, 1.82) is 0 Å². The van der Waals surface area contributed by atoms with Gasteiger partial charge in [-0.25, -0.2) is 0 Å². The predicted octanol–water partition coefficient (Wildman–Crippen LogP) is 2.58. The highest BCUT2D eigenvalue weighted by Crippen LogP contribution is 2.27. The van der Waals surface area contributed by atoms with Crippen LogP contribution in [0.1, 0.15) is 38.5 Å². The van der Waals surface area contributed by atoms with Gasteiger partial charge in [-0.05, 0) is 37.1 Å². The molecule has 0 unspecified atom stereocenters. The molecule has 6 nitrogen and oxygen atoms in total. The fourth-order valence-corrected chi connectivity index (χ4v) is 3.75. The van der Waals surface area contributed by atoms with Crippen LogP contribution in [0.3, 0.4) is 0 Å². The van der Waals surface area contributed by atoms with Crippen molar-refractivity contribution in [3.05, 3.63) is 24.3 Å². The first kappa shape index (κ1) is 17.7. The van der Waals surface area contributed by atoms with Crippen molar-refractivity contribution in [1.82, 2.24) is 4.90 Å². The number of morpholine rings is 1. The third-order valence-corrected chi connectivity index (χ3v) is 5.06. The summed E-state index contributed by atoms with van der Waals surface area (Å²) in [4.78, 5) is 26.9. The lowest BCUT2D eigenvalue weighted by atomic mass is 9.92.